The fourth-order valence-electron chi connectivity index (χ4n) is 1.34. The molecule has 3 nitrogen and oxygen atoms in total. The van der Waals surface area contributed by atoms with Gasteiger partial charge in [0.05, 0.1) is 6.61 Å². The average Bonchev–Trinajstić information content (AvgIpc) is 2.30. The number of anilines is 1. The zero-order valence-corrected chi connectivity index (χ0v) is 10.1. The number of nitrogens with one attached hydrogen (secondary N) is 1. The molecule has 1 amide bonds. The molecule has 16 heavy (non-hydrogen) atoms. The van der Waals surface area contributed by atoms with E-state index in [0.29, 0.717) is 0 Å². The Bertz CT molecular complexity index is 374. The summed E-state index contributed by atoms with van der Waals surface area (Å²) < 4.78 is 0. The molecule has 0 radical (unpaired) electrons. The van der Waals surface area contributed by atoms with Gasteiger partial charge in [-0.25, -0.2) is 0 Å². The third-order valence-corrected chi connectivity index (χ3v) is 2.80. The van der Waals surface area contributed by atoms with Crippen molar-refractivity contribution in [3.8, 4) is 0 Å². The molecular weight excluding hydrogens is 202 g/mol. The van der Waals surface area contributed by atoms with Crippen LogP contribution in [0.4, 0.5) is 5.69 Å². The summed E-state index contributed by atoms with van der Waals surface area (Å²) in [6, 6.07) is 5.57. The first-order valence-corrected chi connectivity index (χ1v) is 5.59. The van der Waals surface area contributed by atoms with E-state index >= 15 is 0 Å². The minimum atomic E-state index is -0.00746. The third kappa shape index (κ3) is 3.07. The number of rotatable bonds is 4. The highest BCUT2D eigenvalue weighted by atomic mass is 16.3. The van der Waals surface area contributed by atoms with Gasteiger partial charge in [0.2, 0.25) is 5.91 Å². The van der Waals surface area contributed by atoms with Gasteiger partial charge in [-0.15, -0.1) is 0 Å². The number of aliphatic hydroxyl groups excluding tert-OH is 1. The molecule has 0 spiro atoms. The predicted molar refractivity (Wildman–Crippen MR) is 65.2 cm³/mol. The first kappa shape index (κ1) is 12.7. The van der Waals surface area contributed by atoms with E-state index < -0.39 is 0 Å². The molecule has 0 aliphatic rings. The highest BCUT2D eigenvalue weighted by Crippen LogP contribution is 2.18. The Balaban J connectivity index is 2.83. The van der Waals surface area contributed by atoms with E-state index in [4.69, 9.17) is 5.11 Å². The van der Waals surface area contributed by atoms with Crippen LogP contribution in [0.1, 0.15) is 31.4 Å². The molecule has 0 aromatic heterocycles. The molecule has 0 saturated carbocycles. The quantitative estimate of drug-likeness (QED) is 0.820. The highest BCUT2D eigenvalue weighted by molar-refractivity contribution is 5.93. The number of aryl methyl sites for hydroxylation is 1. The van der Waals surface area contributed by atoms with E-state index in [1.807, 2.05) is 39.0 Å². The van der Waals surface area contributed by atoms with Gasteiger partial charge in [0, 0.05) is 11.6 Å². The molecule has 2 N–H and O–H groups in total. The maximum absolute atomic E-state index is 11.7. The summed E-state index contributed by atoms with van der Waals surface area (Å²) in [4.78, 5) is 11.7. The summed E-state index contributed by atoms with van der Waals surface area (Å²) in [5.74, 6) is 0.0397. The van der Waals surface area contributed by atoms with Crippen LogP contribution in [-0.2, 0) is 11.4 Å². The smallest absolute Gasteiger partial charge is 0.227 e. The molecule has 0 aliphatic carbocycles. The monoisotopic (exact) mass is 221 g/mol. The second kappa shape index (κ2) is 5.66. The van der Waals surface area contributed by atoms with Gasteiger partial charge in [-0.05, 0) is 30.5 Å². The maximum Gasteiger partial charge on any atom is 0.227 e. The van der Waals surface area contributed by atoms with Crippen LogP contribution in [0.15, 0.2) is 18.2 Å². The SMILES string of the molecule is CCC(C)C(=O)Nc1cc(CO)ccc1C. The molecule has 1 aromatic carbocycles. The molecule has 1 atom stereocenters. The fourth-order valence-corrected chi connectivity index (χ4v) is 1.34. The first-order chi connectivity index (χ1) is 7.58. The Labute approximate surface area is 96.5 Å². The molecule has 3 heteroatoms. The van der Waals surface area contributed by atoms with Crippen LogP contribution in [0, 0.1) is 12.8 Å². The summed E-state index contributed by atoms with van der Waals surface area (Å²) in [6.45, 7) is 5.82. The fraction of sp³-hybridized carbons (Fsp3) is 0.462. The van der Waals surface area contributed by atoms with Crippen molar-refractivity contribution in [2.45, 2.75) is 33.8 Å². The largest absolute Gasteiger partial charge is 0.392 e. The van der Waals surface area contributed by atoms with Crippen molar-refractivity contribution >= 4 is 11.6 Å². The van der Waals surface area contributed by atoms with Gasteiger partial charge in [0.15, 0.2) is 0 Å². The van der Waals surface area contributed by atoms with Crippen molar-refractivity contribution in [1.82, 2.24) is 0 Å². The minimum absolute atomic E-state index is 0.00746. The standard InChI is InChI=1S/C13H19NO2/c1-4-9(2)13(16)14-12-7-11(8-15)6-5-10(12)3/h5-7,9,15H,4,8H2,1-3H3,(H,14,16). The van der Waals surface area contributed by atoms with Crippen LogP contribution in [0.3, 0.4) is 0 Å². The summed E-state index contributed by atoms with van der Waals surface area (Å²) in [6.07, 6.45) is 0.824. The van der Waals surface area contributed by atoms with E-state index in [1.165, 1.54) is 0 Å². The van der Waals surface area contributed by atoms with Gasteiger partial charge in [-0.3, -0.25) is 4.79 Å². The molecule has 0 aliphatic heterocycles. The van der Waals surface area contributed by atoms with E-state index in [-0.39, 0.29) is 18.4 Å². The zero-order chi connectivity index (χ0) is 12.1. The predicted octanol–water partition coefficient (Wildman–Crippen LogP) is 2.47. The Kier molecular flexibility index (Phi) is 4.50. The summed E-state index contributed by atoms with van der Waals surface area (Å²) in [5, 5.41) is 11.9. The topological polar surface area (TPSA) is 49.3 Å². The van der Waals surface area contributed by atoms with Gasteiger partial charge in [0.25, 0.3) is 0 Å². The number of hydrogen-bond donors (Lipinski definition) is 2. The lowest BCUT2D eigenvalue weighted by Gasteiger charge is -2.13. The molecular formula is C13H19NO2. The molecule has 1 aromatic rings. The third-order valence-electron chi connectivity index (χ3n) is 2.80. The summed E-state index contributed by atoms with van der Waals surface area (Å²) in [7, 11) is 0. The van der Waals surface area contributed by atoms with Gasteiger partial charge in [-0.1, -0.05) is 26.0 Å². The molecule has 88 valence electrons. The molecule has 1 rings (SSSR count). The number of amides is 1. The molecule has 1 unspecified atom stereocenters. The second-order valence-corrected chi connectivity index (χ2v) is 4.11. The van der Waals surface area contributed by atoms with Crippen LogP contribution in [-0.4, -0.2) is 11.0 Å². The number of aliphatic hydroxyl groups is 1. The Hall–Kier alpha value is -1.35. The number of carbonyl (C=O) groups is 1. The first-order valence-electron chi connectivity index (χ1n) is 5.59. The highest BCUT2D eigenvalue weighted by Gasteiger charge is 2.11. The van der Waals surface area contributed by atoms with Crippen LogP contribution in [0.25, 0.3) is 0 Å². The molecule has 0 saturated heterocycles. The Morgan fingerprint density at radius 1 is 1.50 bits per heavy atom. The van der Waals surface area contributed by atoms with Crippen LogP contribution >= 0.6 is 0 Å². The van der Waals surface area contributed by atoms with E-state index in [2.05, 4.69) is 5.32 Å². The minimum Gasteiger partial charge on any atom is -0.392 e. The average molecular weight is 221 g/mol. The van der Waals surface area contributed by atoms with Crippen LogP contribution < -0.4 is 5.32 Å². The van der Waals surface area contributed by atoms with Gasteiger partial charge >= 0.3 is 0 Å². The summed E-state index contributed by atoms with van der Waals surface area (Å²) >= 11 is 0. The van der Waals surface area contributed by atoms with Crippen molar-refractivity contribution in [3.05, 3.63) is 29.3 Å². The van der Waals surface area contributed by atoms with Gasteiger partial charge < -0.3 is 10.4 Å². The Morgan fingerprint density at radius 2 is 2.19 bits per heavy atom. The van der Waals surface area contributed by atoms with Crippen LogP contribution in [0.2, 0.25) is 0 Å². The lowest BCUT2D eigenvalue weighted by Crippen LogP contribution is -2.20. The van der Waals surface area contributed by atoms with Crippen molar-refractivity contribution in [3.63, 3.8) is 0 Å². The van der Waals surface area contributed by atoms with Gasteiger partial charge in [0.1, 0.15) is 0 Å². The lowest BCUT2D eigenvalue weighted by molar-refractivity contribution is -0.119. The zero-order valence-electron chi connectivity index (χ0n) is 10.1. The van der Waals surface area contributed by atoms with E-state index in [0.717, 1.165) is 23.2 Å². The van der Waals surface area contributed by atoms with Crippen molar-refractivity contribution in [2.24, 2.45) is 5.92 Å². The Morgan fingerprint density at radius 3 is 2.75 bits per heavy atom. The number of carbonyl (C=O) groups excluding carboxylic acids is 1. The van der Waals surface area contributed by atoms with Crippen molar-refractivity contribution in [1.29, 1.82) is 0 Å². The van der Waals surface area contributed by atoms with Gasteiger partial charge in [-0.2, -0.15) is 0 Å². The molecule has 0 fully saturated rings. The molecule has 0 heterocycles. The number of benzene rings is 1. The van der Waals surface area contributed by atoms with E-state index in [1.54, 1.807) is 0 Å². The molecule has 0 bridgehead atoms. The number of hydrogen-bond acceptors (Lipinski definition) is 2. The van der Waals surface area contributed by atoms with Crippen molar-refractivity contribution < 1.29 is 9.90 Å². The van der Waals surface area contributed by atoms with E-state index in [9.17, 15) is 4.79 Å². The summed E-state index contributed by atoms with van der Waals surface area (Å²) in [5.41, 5.74) is 2.61. The lowest BCUT2D eigenvalue weighted by atomic mass is 10.1. The normalized spacial score (nSPS) is 12.2. The second-order valence-electron chi connectivity index (χ2n) is 4.11. The van der Waals surface area contributed by atoms with Crippen molar-refractivity contribution in [2.75, 3.05) is 5.32 Å². The maximum atomic E-state index is 11.7. The van der Waals surface area contributed by atoms with Crippen LogP contribution in [0.5, 0.6) is 0 Å².